The van der Waals surface area contributed by atoms with Crippen LogP contribution in [0.15, 0.2) is 12.1 Å². The normalized spacial score (nSPS) is 19.8. The molecule has 0 aliphatic carbocycles. The number of fused-ring (bicyclic) bond motifs is 1. The summed E-state index contributed by atoms with van der Waals surface area (Å²) >= 11 is 0. The Bertz CT molecular complexity index is 433. The molecule has 0 atom stereocenters. The van der Waals surface area contributed by atoms with E-state index in [-0.39, 0.29) is 5.82 Å². The summed E-state index contributed by atoms with van der Waals surface area (Å²) in [6, 6.07) is 3.21. The van der Waals surface area contributed by atoms with E-state index in [2.05, 4.69) is 10.2 Å². The van der Waals surface area contributed by atoms with E-state index in [0.717, 1.165) is 26.2 Å². The standard InChI is InChI=1S/C13H17FN2O2/c14-11-8-13-12(17-5-6-18-13)7-10(11)9-16-3-1-15-2-4-16/h7-8,15H,1-6,9H2. The average molecular weight is 252 g/mol. The summed E-state index contributed by atoms with van der Waals surface area (Å²) < 4.78 is 24.8. The molecule has 2 heterocycles. The minimum Gasteiger partial charge on any atom is -0.486 e. The van der Waals surface area contributed by atoms with Crippen molar-refractivity contribution >= 4 is 0 Å². The van der Waals surface area contributed by atoms with Crippen LogP contribution in [-0.2, 0) is 6.54 Å². The predicted molar refractivity (Wildman–Crippen MR) is 65.5 cm³/mol. The molecule has 4 nitrogen and oxygen atoms in total. The number of ether oxygens (including phenoxy) is 2. The molecule has 18 heavy (non-hydrogen) atoms. The molecule has 1 N–H and O–H groups in total. The van der Waals surface area contributed by atoms with E-state index >= 15 is 0 Å². The SMILES string of the molecule is Fc1cc2c(cc1CN1CCNCC1)OCCO2. The van der Waals surface area contributed by atoms with Gasteiger partial charge in [-0.3, -0.25) is 4.90 Å². The van der Waals surface area contributed by atoms with Crippen molar-refractivity contribution in [3.63, 3.8) is 0 Å². The Balaban J connectivity index is 1.78. The molecule has 3 rings (SSSR count). The summed E-state index contributed by atoms with van der Waals surface area (Å²) in [5.74, 6) is 0.966. The molecular formula is C13H17FN2O2. The highest BCUT2D eigenvalue weighted by Gasteiger charge is 2.18. The predicted octanol–water partition coefficient (Wildman–Crippen LogP) is 1.00. The Hall–Kier alpha value is -1.33. The van der Waals surface area contributed by atoms with Crippen LogP contribution in [0.1, 0.15) is 5.56 Å². The number of nitrogens with one attached hydrogen (secondary N) is 1. The van der Waals surface area contributed by atoms with E-state index in [0.29, 0.717) is 36.8 Å². The van der Waals surface area contributed by atoms with Crippen LogP contribution in [0.5, 0.6) is 11.5 Å². The maximum atomic E-state index is 14.0. The van der Waals surface area contributed by atoms with E-state index in [1.54, 1.807) is 6.07 Å². The molecule has 0 unspecified atom stereocenters. The van der Waals surface area contributed by atoms with Gasteiger partial charge in [0.25, 0.3) is 0 Å². The van der Waals surface area contributed by atoms with Gasteiger partial charge < -0.3 is 14.8 Å². The van der Waals surface area contributed by atoms with Crippen LogP contribution in [0.3, 0.4) is 0 Å². The fraction of sp³-hybridized carbons (Fsp3) is 0.538. The number of hydrogen-bond acceptors (Lipinski definition) is 4. The van der Waals surface area contributed by atoms with Gasteiger partial charge in [0, 0.05) is 44.4 Å². The molecule has 0 saturated carbocycles. The van der Waals surface area contributed by atoms with Crippen molar-refractivity contribution in [3.05, 3.63) is 23.5 Å². The summed E-state index contributed by atoms with van der Waals surface area (Å²) in [7, 11) is 0. The molecule has 1 aromatic carbocycles. The van der Waals surface area contributed by atoms with Crippen LogP contribution in [0.2, 0.25) is 0 Å². The Morgan fingerprint density at radius 2 is 1.78 bits per heavy atom. The lowest BCUT2D eigenvalue weighted by Gasteiger charge is -2.28. The third-order valence-electron chi connectivity index (χ3n) is 3.31. The lowest BCUT2D eigenvalue weighted by Crippen LogP contribution is -2.43. The summed E-state index contributed by atoms with van der Waals surface area (Å²) in [5.41, 5.74) is 0.682. The second kappa shape index (κ2) is 5.12. The molecule has 2 aliphatic rings. The van der Waals surface area contributed by atoms with E-state index in [1.807, 2.05) is 0 Å². The molecule has 1 saturated heterocycles. The minimum absolute atomic E-state index is 0.210. The van der Waals surface area contributed by atoms with Crippen molar-refractivity contribution in [2.24, 2.45) is 0 Å². The summed E-state index contributed by atoms with van der Waals surface area (Å²) in [6.07, 6.45) is 0. The van der Waals surface area contributed by atoms with Crippen molar-refractivity contribution < 1.29 is 13.9 Å². The fourth-order valence-electron chi connectivity index (χ4n) is 2.34. The van der Waals surface area contributed by atoms with Crippen LogP contribution in [0.4, 0.5) is 4.39 Å². The zero-order chi connectivity index (χ0) is 12.4. The van der Waals surface area contributed by atoms with Gasteiger partial charge in [0.2, 0.25) is 0 Å². The van der Waals surface area contributed by atoms with Gasteiger partial charge in [-0.1, -0.05) is 0 Å². The first-order chi connectivity index (χ1) is 8.83. The highest BCUT2D eigenvalue weighted by Crippen LogP contribution is 2.33. The molecule has 1 fully saturated rings. The number of piperazine rings is 1. The molecule has 0 aromatic heterocycles. The third kappa shape index (κ3) is 2.42. The summed E-state index contributed by atoms with van der Waals surface area (Å²) in [4.78, 5) is 2.24. The zero-order valence-electron chi connectivity index (χ0n) is 10.2. The fourth-order valence-corrected chi connectivity index (χ4v) is 2.34. The van der Waals surface area contributed by atoms with Gasteiger partial charge in [-0.05, 0) is 6.07 Å². The Morgan fingerprint density at radius 1 is 1.11 bits per heavy atom. The van der Waals surface area contributed by atoms with Crippen LogP contribution >= 0.6 is 0 Å². The highest BCUT2D eigenvalue weighted by molar-refractivity contribution is 5.44. The van der Waals surface area contributed by atoms with Gasteiger partial charge >= 0.3 is 0 Å². The number of benzene rings is 1. The second-order valence-corrected chi connectivity index (χ2v) is 4.61. The lowest BCUT2D eigenvalue weighted by molar-refractivity contribution is 0.169. The lowest BCUT2D eigenvalue weighted by atomic mass is 10.1. The van der Waals surface area contributed by atoms with E-state index < -0.39 is 0 Å². The van der Waals surface area contributed by atoms with Crippen molar-refractivity contribution in [2.75, 3.05) is 39.4 Å². The van der Waals surface area contributed by atoms with Crippen molar-refractivity contribution in [2.45, 2.75) is 6.54 Å². The summed E-state index contributed by atoms with van der Waals surface area (Å²) in [6.45, 7) is 5.49. The maximum Gasteiger partial charge on any atom is 0.164 e. The first kappa shape index (κ1) is 11.7. The van der Waals surface area contributed by atoms with E-state index in [1.165, 1.54) is 6.07 Å². The van der Waals surface area contributed by atoms with Gasteiger partial charge in [-0.15, -0.1) is 0 Å². The maximum absolute atomic E-state index is 14.0. The third-order valence-corrected chi connectivity index (χ3v) is 3.31. The molecule has 5 heteroatoms. The number of hydrogen-bond donors (Lipinski definition) is 1. The van der Waals surface area contributed by atoms with Crippen LogP contribution in [0.25, 0.3) is 0 Å². The number of halogens is 1. The molecule has 98 valence electrons. The molecule has 0 spiro atoms. The van der Waals surface area contributed by atoms with Gasteiger partial charge in [-0.25, -0.2) is 4.39 Å². The Kier molecular flexibility index (Phi) is 3.34. The topological polar surface area (TPSA) is 33.7 Å². The Morgan fingerprint density at radius 3 is 2.50 bits per heavy atom. The highest BCUT2D eigenvalue weighted by atomic mass is 19.1. The monoisotopic (exact) mass is 252 g/mol. The van der Waals surface area contributed by atoms with Gasteiger partial charge in [0.15, 0.2) is 11.5 Å². The first-order valence-corrected chi connectivity index (χ1v) is 6.34. The molecular weight excluding hydrogens is 235 g/mol. The van der Waals surface area contributed by atoms with Gasteiger partial charge in [-0.2, -0.15) is 0 Å². The van der Waals surface area contributed by atoms with Crippen LogP contribution in [0, 0.1) is 5.82 Å². The van der Waals surface area contributed by atoms with E-state index in [9.17, 15) is 4.39 Å². The molecule has 0 bridgehead atoms. The minimum atomic E-state index is -0.210. The van der Waals surface area contributed by atoms with Gasteiger partial charge in [0.05, 0.1) is 0 Å². The quantitative estimate of drug-likeness (QED) is 0.851. The largest absolute Gasteiger partial charge is 0.486 e. The molecule has 0 amide bonds. The second-order valence-electron chi connectivity index (χ2n) is 4.61. The van der Waals surface area contributed by atoms with Crippen LogP contribution in [-0.4, -0.2) is 44.3 Å². The average Bonchev–Trinajstić information content (AvgIpc) is 2.41. The smallest absolute Gasteiger partial charge is 0.164 e. The molecule has 1 aromatic rings. The van der Waals surface area contributed by atoms with Crippen LogP contribution < -0.4 is 14.8 Å². The first-order valence-electron chi connectivity index (χ1n) is 6.34. The Labute approximate surface area is 106 Å². The van der Waals surface area contributed by atoms with E-state index in [4.69, 9.17) is 9.47 Å². The van der Waals surface area contributed by atoms with Crippen molar-refractivity contribution in [1.29, 1.82) is 0 Å². The summed E-state index contributed by atoms with van der Waals surface area (Å²) in [5, 5.41) is 3.28. The molecule has 0 radical (unpaired) electrons. The number of nitrogens with zero attached hydrogens (tertiary/aromatic N) is 1. The van der Waals surface area contributed by atoms with Gasteiger partial charge in [0.1, 0.15) is 19.0 Å². The molecule has 2 aliphatic heterocycles. The van der Waals surface area contributed by atoms with Crippen molar-refractivity contribution in [3.8, 4) is 11.5 Å². The number of rotatable bonds is 2. The zero-order valence-corrected chi connectivity index (χ0v) is 10.2. The van der Waals surface area contributed by atoms with Crippen molar-refractivity contribution in [1.82, 2.24) is 10.2 Å².